The van der Waals surface area contributed by atoms with E-state index in [1.54, 1.807) is 11.3 Å². The zero-order valence-corrected chi connectivity index (χ0v) is 11.7. The number of thiazole rings is 1. The SMILES string of the molecule is CNc1nc2cc(C3CCC(C)CN3)ccc2s1. The van der Waals surface area contributed by atoms with Gasteiger partial charge >= 0.3 is 0 Å². The average molecular weight is 261 g/mol. The minimum absolute atomic E-state index is 0.505. The molecule has 3 nitrogen and oxygen atoms in total. The van der Waals surface area contributed by atoms with Gasteiger partial charge in [-0.15, -0.1) is 0 Å². The van der Waals surface area contributed by atoms with Gasteiger partial charge in [0.25, 0.3) is 0 Å². The summed E-state index contributed by atoms with van der Waals surface area (Å²) in [7, 11) is 1.92. The van der Waals surface area contributed by atoms with E-state index in [1.165, 1.54) is 23.1 Å². The van der Waals surface area contributed by atoms with Crippen molar-refractivity contribution in [3.63, 3.8) is 0 Å². The lowest BCUT2D eigenvalue weighted by molar-refractivity contribution is 0.333. The Hall–Kier alpha value is -1.13. The lowest BCUT2D eigenvalue weighted by Crippen LogP contribution is -2.31. The first-order chi connectivity index (χ1) is 8.76. The fourth-order valence-electron chi connectivity index (χ4n) is 2.55. The van der Waals surface area contributed by atoms with Crippen molar-refractivity contribution in [2.45, 2.75) is 25.8 Å². The van der Waals surface area contributed by atoms with Crippen LogP contribution in [-0.2, 0) is 0 Å². The summed E-state index contributed by atoms with van der Waals surface area (Å²) < 4.78 is 1.26. The fourth-order valence-corrected chi connectivity index (χ4v) is 3.35. The first kappa shape index (κ1) is 11.9. The van der Waals surface area contributed by atoms with E-state index in [1.807, 2.05) is 7.05 Å². The smallest absolute Gasteiger partial charge is 0.183 e. The Bertz CT molecular complexity index is 541. The minimum Gasteiger partial charge on any atom is -0.365 e. The van der Waals surface area contributed by atoms with Crippen LogP contribution in [-0.4, -0.2) is 18.6 Å². The molecule has 0 bridgehead atoms. The van der Waals surface area contributed by atoms with Gasteiger partial charge in [-0.3, -0.25) is 0 Å². The van der Waals surface area contributed by atoms with Crippen molar-refractivity contribution in [3.05, 3.63) is 23.8 Å². The van der Waals surface area contributed by atoms with Crippen molar-refractivity contribution in [1.82, 2.24) is 10.3 Å². The Labute approximate surface area is 112 Å². The van der Waals surface area contributed by atoms with E-state index in [9.17, 15) is 0 Å². The number of benzene rings is 1. The molecule has 1 aliphatic rings. The average Bonchev–Trinajstić information content (AvgIpc) is 2.81. The first-order valence-electron chi connectivity index (χ1n) is 6.58. The van der Waals surface area contributed by atoms with Crippen LogP contribution in [0.4, 0.5) is 5.13 Å². The van der Waals surface area contributed by atoms with Crippen LogP contribution in [0.15, 0.2) is 18.2 Å². The number of aromatic nitrogens is 1. The molecule has 2 aromatic rings. The van der Waals surface area contributed by atoms with E-state index in [0.29, 0.717) is 6.04 Å². The molecule has 1 saturated heterocycles. The predicted octanol–water partition coefficient (Wildman–Crippen LogP) is 3.40. The number of nitrogens with one attached hydrogen (secondary N) is 2. The molecule has 1 aliphatic heterocycles. The lowest BCUT2D eigenvalue weighted by atomic mass is 9.92. The number of nitrogens with zero attached hydrogens (tertiary/aromatic N) is 1. The summed E-state index contributed by atoms with van der Waals surface area (Å²) >= 11 is 1.71. The highest BCUT2D eigenvalue weighted by atomic mass is 32.1. The van der Waals surface area contributed by atoms with Gasteiger partial charge in [-0.2, -0.15) is 0 Å². The van der Waals surface area contributed by atoms with Gasteiger partial charge in [0.2, 0.25) is 0 Å². The predicted molar refractivity (Wildman–Crippen MR) is 78.3 cm³/mol. The van der Waals surface area contributed by atoms with E-state index in [2.05, 4.69) is 40.7 Å². The number of hydrogen-bond acceptors (Lipinski definition) is 4. The van der Waals surface area contributed by atoms with Crippen molar-refractivity contribution in [2.75, 3.05) is 18.9 Å². The van der Waals surface area contributed by atoms with Crippen molar-refractivity contribution in [3.8, 4) is 0 Å². The van der Waals surface area contributed by atoms with Crippen LogP contribution < -0.4 is 10.6 Å². The van der Waals surface area contributed by atoms with Crippen LogP contribution in [0.1, 0.15) is 31.4 Å². The largest absolute Gasteiger partial charge is 0.365 e. The summed E-state index contributed by atoms with van der Waals surface area (Å²) in [6.45, 7) is 3.44. The second kappa shape index (κ2) is 4.86. The Morgan fingerprint density at radius 2 is 2.28 bits per heavy atom. The Kier molecular flexibility index (Phi) is 3.22. The molecule has 0 amide bonds. The summed E-state index contributed by atoms with van der Waals surface area (Å²) in [4.78, 5) is 4.58. The van der Waals surface area contributed by atoms with E-state index in [0.717, 1.165) is 23.1 Å². The molecule has 1 fully saturated rings. The van der Waals surface area contributed by atoms with Gasteiger partial charge in [0.1, 0.15) is 0 Å². The normalized spacial score (nSPS) is 24.3. The van der Waals surface area contributed by atoms with E-state index < -0.39 is 0 Å². The molecule has 0 spiro atoms. The summed E-state index contributed by atoms with van der Waals surface area (Å²) in [5.74, 6) is 0.806. The minimum atomic E-state index is 0.505. The summed E-state index contributed by atoms with van der Waals surface area (Å²) in [6, 6.07) is 7.18. The van der Waals surface area contributed by atoms with E-state index in [4.69, 9.17) is 0 Å². The molecule has 2 N–H and O–H groups in total. The van der Waals surface area contributed by atoms with Gasteiger partial charge in [-0.05, 0) is 43.0 Å². The quantitative estimate of drug-likeness (QED) is 0.870. The van der Waals surface area contributed by atoms with E-state index >= 15 is 0 Å². The van der Waals surface area contributed by atoms with Crippen LogP contribution in [0.2, 0.25) is 0 Å². The second-order valence-electron chi connectivity index (χ2n) is 5.14. The van der Waals surface area contributed by atoms with Crippen LogP contribution in [0, 0.1) is 5.92 Å². The molecule has 2 atom stereocenters. The summed E-state index contributed by atoms with van der Waals surface area (Å²) in [5, 5.41) is 7.74. The van der Waals surface area contributed by atoms with Gasteiger partial charge in [-0.25, -0.2) is 4.98 Å². The Balaban J connectivity index is 1.88. The standard InChI is InChI=1S/C14H19N3S/c1-9-3-5-11(16-8-9)10-4-6-13-12(7-10)17-14(15-2)18-13/h4,6-7,9,11,16H,3,5,8H2,1-2H3,(H,15,17). The maximum absolute atomic E-state index is 4.58. The Morgan fingerprint density at radius 3 is 3.00 bits per heavy atom. The molecule has 1 aromatic heterocycles. The third-order valence-corrected chi connectivity index (χ3v) is 4.74. The highest BCUT2D eigenvalue weighted by Crippen LogP contribution is 2.31. The molecule has 0 radical (unpaired) electrons. The molecular weight excluding hydrogens is 242 g/mol. The molecular formula is C14H19N3S. The van der Waals surface area contributed by atoms with Gasteiger partial charge in [0.05, 0.1) is 10.2 Å². The number of fused-ring (bicyclic) bond motifs is 1. The number of piperidine rings is 1. The molecule has 0 saturated carbocycles. The highest BCUT2D eigenvalue weighted by Gasteiger charge is 2.19. The maximum atomic E-state index is 4.58. The molecule has 0 aliphatic carbocycles. The van der Waals surface area contributed by atoms with Crippen molar-refractivity contribution >= 4 is 26.7 Å². The van der Waals surface area contributed by atoms with E-state index in [-0.39, 0.29) is 0 Å². The maximum Gasteiger partial charge on any atom is 0.183 e. The monoisotopic (exact) mass is 261 g/mol. The zero-order chi connectivity index (χ0) is 12.5. The van der Waals surface area contributed by atoms with Crippen LogP contribution >= 0.6 is 11.3 Å². The molecule has 2 unspecified atom stereocenters. The van der Waals surface area contributed by atoms with Crippen LogP contribution in [0.3, 0.4) is 0 Å². The number of anilines is 1. The lowest BCUT2D eigenvalue weighted by Gasteiger charge is -2.28. The molecule has 96 valence electrons. The van der Waals surface area contributed by atoms with Crippen LogP contribution in [0.25, 0.3) is 10.2 Å². The second-order valence-corrected chi connectivity index (χ2v) is 6.17. The number of hydrogen-bond donors (Lipinski definition) is 2. The molecule has 2 heterocycles. The Morgan fingerprint density at radius 1 is 1.39 bits per heavy atom. The van der Waals surface area contributed by atoms with Crippen molar-refractivity contribution in [1.29, 1.82) is 0 Å². The molecule has 3 rings (SSSR count). The molecule has 18 heavy (non-hydrogen) atoms. The van der Waals surface area contributed by atoms with Crippen molar-refractivity contribution in [2.24, 2.45) is 5.92 Å². The fraction of sp³-hybridized carbons (Fsp3) is 0.500. The molecule has 4 heteroatoms. The molecule has 1 aromatic carbocycles. The first-order valence-corrected chi connectivity index (χ1v) is 7.39. The van der Waals surface area contributed by atoms with Gasteiger partial charge in [0, 0.05) is 13.1 Å². The number of rotatable bonds is 2. The van der Waals surface area contributed by atoms with Crippen molar-refractivity contribution < 1.29 is 0 Å². The van der Waals surface area contributed by atoms with Gasteiger partial charge in [0.15, 0.2) is 5.13 Å². The zero-order valence-electron chi connectivity index (χ0n) is 10.9. The topological polar surface area (TPSA) is 37.0 Å². The van der Waals surface area contributed by atoms with Gasteiger partial charge in [-0.1, -0.05) is 24.3 Å². The summed E-state index contributed by atoms with van der Waals surface area (Å²) in [5.41, 5.74) is 2.49. The summed E-state index contributed by atoms with van der Waals surface area (Å²) in [6.07, 6.45) is 2.55. The highest BCUT2D eigenvalue weighted by molar-refractivity contribution is 7.22. The van der Waals surface area contributed by atoms with Gasteiger partial charge < -0.3 is 10.6 Å². The van der Waals surface area contributed by atoms with Crippen LogP contribution in [0.5, 0.6) is 0 Å². The third kappa shape index (κ3) is 2.22. The third-order valence-electron chi connectivity index (χ3n) is 3.69.